The molecule has 0 N–H and O–H groups in total. The maximum atomic E-state index is 2.18. The molecule has 0 radical (unpaired) electrons. The molecule has 0 unspecified atom stereocenters. The molecule has 0 aliphatic carbocycles. The predicted octanol–water partition coefficient (Wildman–Crippen LogP) is 2.66. The van der Waals surface area contributed by atoms with E-state index in [9.17, 15) is 0 Å². The lowest BCUT2D eigenvalue weighted by Crippen LogP contribution is -1.64. The van der Waals surface area contributed by atoms with Crippen LogP contribution in [0.4, 0.5) is 0 Å². The standard InChI is InChI=1S/C6H12S/c1-4-6(2)5-7-3/h5H,4H2,1-3H3/b6-5-. The van der Waals surface area contributed by atoms with Crippen molar-refractivity contribution in [1.82, 2.24) is 0 Å². The van der Waals surface area contributed by atoms with E-state index >= 15 is 0 Å². The summed E-state index contributed by atoms with van der Waals surface area (Å²) in [7, 11) is 0. The van der Waals surface area contributed by atoms with E-state index < -0.39 is 0 Å². The first-order chi connectivity index (χ1) is 3.31. The van der Waals surface area contributed by atoms with Crippen molar-refractivity contribution in [2.75, 3.05) is 6.26 Å². The normalized spacial score (nSPS) is 12.1. The monoisotopic (exact) mass is 116 g/mol. The zero-order valence-electron chi connectivity index (χ0n) is 5.19. The number of allylic oxidation sites excluding steroid dienone is 1. The summed E-state index contributed by atoms with van der Waals surface area (Å²) in [6.45, 7) is 4.32. The van der Waals surface area contributed by atoms with E-state index in [0.717, 1.165) is 0 Å². The first-order valence-corrected chi connectivity index (χ1v) is 3.78. The van der Waals surface area contributed by atoms with Crippen LogP contribution in [-0.2, 0) is 0 Å². The number of thioether (sulfide) groups is 1. The van der Waals surface area contributed by atoms with Gasteiger partial charge in [0.2, 0.25) is 0 Å². The van der Waals surface area contributed by atoms with Crippen molar-refractivity contribution in [2.45, 2.75) is 20.3 Å². The Morgan fingerprint density at radius 1 is 1.71 bits per heavy atom. The minimum atomic E-state index is 1.18. The Kier molecular flexibility index (Phi) is 4.31. The van der Waals surface area contributed by atoms with Crippen molar-refractivity contribution in [3.05, 3.63) is 11.0 Å². The summed E-state index contributed by atoms with van der Waals surface area (Å²) >= 11 is 1.77. The van der Waals surface area contributed by atoms with Crippen LogP contribution in [-0.4, -0.2) is 6.26 Å². The smallest absolute Gasteiger partial charge is 0.0142 e. The van der Waals surface area contributed by atoms with E-state index in [0.29, 0.717) is 0 Å². The molecule has 0 aliphatic heterocycles. The van der Waals surface area contributed by atoms with Crippen molar-refractivity contribution in [3.8, 4) is 0 Å². The molecule has 0 aromatic carbocycles. The molecular weight excluding hydrogens is 104 g/mol. The van der Waals surface area contributed by atoms with E-state index in [1.165, 1.54) is 12.0 Å². The summed E-state index contributed by atoms with van der Waals surface area (Å²) in [4.78, 5) is 0. The Labute approximate surface area is 50.0 Å². The topological polar surface area (TPSA) is 0 Å². The van der Waals surface area contributed by atoms with E-state index in [1.54, 1.807) is 11.8 Å². The van der Waals surface area contributed by atoms with Gasteiger partial charge in [-0.05, 0) is 25.0 Å². The molecule has 0 saturated heterocycles. The van der Waals surface area contributed by atoms with Crippen LogP contribution in [0, 0.1) is 0 Å². The fraction of sp³-hybridized carbons (Fsp3) is 0.667. The Morgan fingerprint density at radius 2 is 2.29 bits per heavy atom. The van der Waals surface area contributed by atoms with E-state index in [4.69, 9.17) is 0 Å². The highest BCUT2D eigenvalue weighted by Gasteiger charge is 1.77. The minimum Gasteiger partial charge on any atom is -0.138 e. The van der Waals surface area contributed by atoms with Gasteiger partial charge >= 0.3 is 0 Å². The fourth-order valence-corrected chi connectivity index (χ4v) is 0.854. The lowest BCUT2D eigenvalue weighted by Gasteiger charge is -1.88. The molecule has 0 nitrogen and oxygen atoms in total. The number of hydrogen-bond acceptors (Lipinski definition) is 1. The van der Waals surface area contributed by atoms with Gasteiger partial charge in [-0.1, -0.05) is 12.5 Å². The zero-order chi connectivity index (χ0) is 5.70. The molecule has 0 aromatic rings. The second-order valence-corrected chi connectivity index (χ2v) is 2.26. The first-order valence-electron chi connectivity index (χ1n) is 2.49. The molecule has 0 rings (SSSR count). The molecule has 0 aliphatic rings. The SMILES string of the molecule is CC/C(C)=C\SC. The molecule has 1 heteroatoms. The van der Waals surface area contributed by atoms with Gasteiger partial charge in [-0.2, -0.15) is 0 Å². The third-order valence-corrected chi connectivity index (χ3v) is 1.51. The summed E-state index contributed by atoms with van der Waals surface area (Å²) < 4.78 is 0. The maximum absolute atomic E-state index is 2.18. The molecule has 0 aromatic heterocycles. The second kappa shape index (κ2) is 4.25. The van der Waals surface area contributed by atoms with Gasteiger partial charge in [-0.25, -0.2) is 0 Å². The lowest BCUT2D eigenvalue weighted by molar-refractivity contribution is 1.11. The second-order valence-electron chi connectivity index (χ2n) is 1.55. The molecule has 0 fully saturated rings. The van der Waals surface area contributed by atoms with Gasteiger partial charge < -0.3 is 0 Å². The van der Waals surface area contributed by atoms with Gasteiger partial charge in [0.1, 0.15) is 0 Å². The third-order valence-electron chi connectivity index (χ3n) is 0.877. The maximum Gasteiger partial charge on any atom is -0.0142 e. The number of rotatable bonds is 2. The Bertz CT molecular complexity index is 64.6. The van der Waals surface area contributed by atoms with Crippen LogP contribution >= 0.6 is 11.8 Å². The van der Waals surface area contributed by atoms with Gasteiger partial charge in [0.05, 0.1) is 0 Å². The summed E-state index contributed by atoms with van der Waals surface area (Å²) in [6, 6.07) is 0. The average Bonchev–Trinajstić information content (AvgIpc) is 1.68. The summed E-state index contributed by atoms with van der Waals surface area (Å²) in [6.07, 6.45) is 3.26. The molecule has 0 saturated carbocycles. The van der Waals surface area contributed by atoms with Gasteiger partial charge in [-0.15, -0.1) is 11.8 Å². The van der Waals surface area contributed by atoms with E-state index in [2.05, 4.69) is 25.5 Å². The van der Waals surface area contributed by atoms with E-state index in [1.807, 2.05) is 0 Å². The van der Waals surface area contributed by atoms with Crippen molar-refractivity contribution in [1.29, 1.82) is 0 Å². The Hall–Kier alpha value is 0.0900. The van der Waals surface area contributed by atoms with Crippen LogP contribution in [0.25, 0.3) is 0 Å². The van der Waals surface area contributed by atoms with Crippen LogP contribution in [0.3, 0.4) is 0 Å². The van der Waals surface area contributed by atoms with Crippen LogP contribution in [0.5, 0.6) is 0 Å². The molecule has 0 heterocycles. The average molecular weight is 116 g/mol. The highest BCUT2D eigenvalue weighted by molar-refractivity contribution is 8.01. The highest BCUT2D eigenvalue weighted by atomic mass is 32.2. The molecule has 0 amide bonds. The Balaban J connectivity index is 3.29. The molecular formula is C6H12S. The van der Waals surface area contributed by atoms with Gasteiger partial charge in [0.25, 0.3) is 0 Å². The molecule has 0 spiro atoms. The van der Waals surface area contributed by atoms with Gasteiger partial charge in [-0.3, -0.25) is 0 Å². The largest absolute Gasteiger partial charge is 0.138 e. The van der Waals surface area contributed by atoms with Crippen molar-refractivity contribution >= 4 is 11.8 Å². The first kappa shape index (κ1) is 7.09. The fourth-order valence-electron chi connectivity index (χ4n) is 0.285. The predicted molar refractivity (Wildman–Crippen MR) is 37.6 cm³/mol. The molecule has 0 bridgehead atoms. The highest BCUT2D eigenvalue weighted by Crippen LogP contribution is 2.04. The summed E-state index contributed by atoms with van der Waals surface area (Å²) in [5, 5.41) is 2.18. The number of hydrogen-bond donors (Lipinski definition) is 0. The van der Waals surface area contributed by atoms with Crippen molar-refractivity contribution < 1.29 is 0 Å². The van der Waals surface area contributed by atoms with Crippen LogP contribution in [0.15, 0.2) is 11.0 Å². The van der Waals surface area contributed by atoms with Crippen molar-refractivity contribution in [3.63, 3.8) is 0 Å². The van der Waals surface area contributed by atoms with Crippen LogP contribution < -0.4 is 0 Å². The lowest BCUT2D eigenvalue weighted by atomic mass is 10.3. The quantitative estimate of drug-likeness (QED) is 0.534. The zero-order valence-corrected chi connectivity index (χ0v) is 6.01. The van der Waals surface area contributed by atoms with E-state index in [-0.39, 0.29) is 0 Å². The molecule has 0 atom stereocenters. The molecule has 7 heavy (non-hydrogen) atoms. The van der Waals surface area contributed by atoms with Crippen LogP contribution in [0.1, 0.15) is 20.3 Å². The van der Waals surface area contributed by atoms with Crippen LogP contribution in [0.2, 0.25) is 0 Å². The van der Waals surface area contributed by atoms with Gasteiger partial charge in [0, 0.05) is 0 Å². The third kappa shape index (κ3) is 3.93. The molecule has 42 valence electrons. The summed E-state index contributed by atoms with van der Waals surface area (Å²) in [5.41, 5.74) is 1.47. The minimum absolute atomic E-state index is 1.18. The Morgan fingerprint density at radius 3 is 2.43 bits per heavy atom. The summed E-state index contributed by atoms with van der Waals surface area (Å²) in [5.74, 6) is 0. The van der Waals surface area contributed by atoms with Crippen molar-refractivity contribution in [2.24, 2.45) is 0 Å². The van der Waals surface area contributed by atoms with Gasteiger partial charge in [0.15, 0.2) is 0 Å².